The van der Waals surface area contributed by atoms with Crippen LogP contribution < -0.4 is 5.32 Å². The predicted octanol–water partition coefficient (Wildman–Crippen LogP) is 6.07. The maximum atomic E-state index is 11.4. The number of hydrogen-bond acceptors (Lipinski definition) is 5. The van der Waals surface area contributed by atoms with E-state index in [1.807, 2.05) is 0 Å². The topological polar surface area (TPSA) is 75.1 Å². The van der Waals surface area contributed by atoms with Gasteiger partial charge in [-0.1, -0.05) is 41.4 Å². The fourth-order valence-electron chi connectivity index (χ4n) is 3.11. The van der Waals surface area contributed by atoms with E-state index in [4.69, 9.17) is 11.6 Å². The number of anilines is 2. The Morgan fingerprint density at radius 2 is 1.86 bits per heavy atom. The van der Waals surface area contributed by atoms with E-state index in [2.05, 4.69) is 53.4 Å². The van der Waals surface area contributed by atoms with Crippen molar-refractivity contribution in [2.75, 3.05) is 5.32 Å². The fraction of sp³-hybridized carbons (Fsp3) is 0.0952. The molecule has 0 amide bonds. The van der Waals surface area contributed by atoms with Gasteiger partial charge in [0.05, 0.1) is 16.0 Å². The van der Waals surface area contributed by atoms with Gasteiger partial charge in [0.15, 0.2) is 0 Å². The number of nitrogens with one attached hydrogen (secondary N) is 1. The Morgan fingerprint density at radius 1 is 1.11 bits per heavy atom. The zero-order valence-corrected chi connectivity index (χ0v) is 16.7. The molecule has 0 aliphatic heterocycles. The molecular weight excluding hydrogens is 394 g/mol. The molecular formula is C21H16ClN3O2S. The van der Waals surface area contributed by atoms with Crippen LogP contribution in [0.2, 0.25) is 5.02 Å². The number of nitrogens with zero attached hydrogens (tertiary/aromatic N) is 2. The van der Waals surface area contributed by atoms with Crippen LogP contribution in [-0.2, 0) is 0 Å². The van der Waals surface area contributed by atoms with Crippen molar-refractivity contribution < 1.29 is 9.90 Å². The minimum atomic E-state index is -1.08. The molecule has 0 radical (unpaired) electrons. The molecule has 4 aromatic rings. The maximum Gasteiger partial charge on any atom is 0.337 e. The molecule has 2 heterocycles. The van der Waals surface area contributed by atoms with Crippen molar-refractivity contribution in [3.63, 3.8) is 0 Å². The number of fused-ring (bicyclic) bond motifs is 1. The van der Waals surface area contributed by atoms with Crippen LogP contribution in [0.4, 0.5) is 11.5 Å². The van der Waals surface area contributed by atoms with Crippen LogP contribution in [0.25, 0.3) is 21.3 Å². The van der Waals surface area contributed by atoms with Gasteiger partial charge in [-0.3, -0.25) is 0 Å². The lowest BCUT2D eigenvalue weighted by Gasteiger charge is -2.10. The molecule has 28 heavy (non-hydrogen) atoms. The summed E-state index contributed by atoms with van der Waals surface area (Å²) in [6, 6.07) is 13.1. The zero-order chi connectivity index (χ0) is 19.8. The summed E-state index contributed by atoms with van der Waals surface area (Å²) in [5.74, 6) is -0.447. The molecule has 0 bridgehead atoms. The first kappa shape index (κ1) is 18.4. The van der Waals surface area contributed by atoms with Gasteiger partial charge in [0, 0.05) is 16.1 Å². The number of carboxylic acid groups (broad SMARTS) is 1. The van der Waals surface area contributed by atoms with Crippen LogP contribution in [0.5, 0.6) is 0 Å². The van der Waals surface area contributed by atoms with Crippen molar-refractivity contribution in [1.29, 1.82) is 0 Å². The van der Waals surface area contributed by atoms with Gasteiger partial charge in [-0.2, -0.15) is 0 Å². The molecule has 0 saturated carbocycles. The van der Waals surface area contributed by atoms with E-state index in [0.717, 1.165) is 26.2 Å². The summed E-state index contributed by atoms with van der Waals surface area (Å²) in [6.45, 7) is 4.12. The first-order chi connectivity index (χ1) is 13.4. The van der Waals surface area contributed by atoms with Crippen LogP contribution in [-0.4, -0.2) is 21.0 Å². The fourth-order valence-corrected chi connectivity index (χ4v) is 4.32. The quantitative estimate of drug-likeness (QED) is 0.427. The Morgan fingerprint density at radius 3 is 2.57 bits per heavy atom. The standard InChI is InChI=1S/C21H16ClN3O2S/c1-11-3-5-13(6-4-11)17-12(2)28-20-18(17)19(23-10-24-20)25-14-7-8-16(22)15(9-14)21(26)27/h3-10H,1-2H3,(H,26,27)(H,23,24,25). The van der Waals surface area contributed by atoms with E-state index in [1.54, 1.807) is 23.5 Å². The number of aromatic carboxylic acids is 1. The Hall–Kier alpha value is -2.96. The minimum Gasteiger partial charge on any atom is -0.478 e. The molecule has 140 valence electrons. The second kappa shape index (κ2) is 7.22. The Kier molecular flexibility index (Phi) is 4.75. The number of carboxylic acids is 1. The molecule has 0 unspecified atom stereocenters. The first-order valence-corrected chi connectivity index (χ1v) is 9.74. The summed E-state index contributed by atoms with van der Waals surface area (Å²) >= 11 is 7.58. The van der Waals surface area contributed by atoms with E-state index < -0.39 is 5.97 Å². The Bertz CT molecular complexity index is 1200. The van der Waals surface area contributed by atoms with Crippen molar-refractivity contribution in [1.82, 2.24) is 9.97 Å². The molecule has 2 N–H and O–H groups in total. The van der Waals surface area contributed by atoms with Crippen molar-refractivity contribution >= 4 is 50.6 Å². The predicted molar refractivity (Wildman–Crippen MR) is 114 cm³/mol. The summed E-state index contributed by atoms with van der Waals surface area (Å²) in [5.41, 5.74) is 4.00. The zero-order valence-electron chi connectivity index (χ0n) is 15.2. The van der Waals surface area contributed by atoms with Gasteiger partial charge in [0.1, 0.15) is 17.0 Å². The molecule has 2 aromatic carbocycles. The molecule has 2 aromatic heterocycles. The first-order valence-electron chi connectivity index (χ1n) is 8.55. The lowest BCUT2D eigenvalue weighted by Crippen LogP contribution is -2.00. The Labute approximate surface area is 170 Å². The largest absolute Gasteiger partial charge is 0.478 e. The molecule has 0 aliphatic carbocycles. The van der Waals surface area contributed by atoms with Crippen LogP contribution in [0.1, 0.15) is 20.8 Å². The smallest absolute Gasteiger partial charge is 0.337 e. The van der Waals surface area contributed by atoms with Gasteiger partial charge >= 0.3 is 5.97 Å². The SMILES string of the molecule is Cc1ccc(-c2c(C)sc3ncnc(Nc4ccc(Cl)c(C(=O)O)c4)c23)cc1. The van der Waals surface area contributed by atoms with Gasteiger partial charge in [0.2, 0.25) is 0 Å². The molecule has 7 heteroatoms. The number of carbonyl (C=O) groups is 1. The normalized spacial score (nSPS) is 11.0. The average molecular weight is 410 g/mol. The number of aromatic nitrogens is 2. The van der Waals surface area contributed by atoms with Crippen LogP contribution in [0.15, 0.2) is 48.8 Å². The highest BCUT2D eigenvalue weighted by molar-refractivity contribution is 7.19. The van der Waals surface area contributed by atoms with Crippen molar-refractivity contribution in [3.8, 4) is 11.1 Å². The lowest BCUT2D eigenvalue weighted by atomic mass is 10.0. The van der Waals surface area contributed by atoms with E-state index >= 15 is 0 Å². The van der Waals surface area contributed by atoms with Crippen molar-refractivity contribution in [2.24, 2.45) is 0 Å². The Balaban J connectivity index is 1.85. The third-order valence-electron chi connectivity index (χ3n) is 4.46. The number of hydrogen-bond donors (Lipinski definition) is 2. The van der Waals surface area contributed by atoms with Gasteiger partial charge in [-0.25, -0.2) is 14.8 Å². The monoisotopic (exact) mass is 409 g/mol. The lowest BCUT2D eigenvalue weighted by molar-refractivity contribution is 0.0697. The average Bonchev–Trinajstić information content (AvgIpc) is 3.00. The van der Waals surface area contributed by atoms with E-state index in [0.29, 0.717) is 11.5 Å². The molecule has 0 spiro atoms. The van der Waals surface area contributed by atoms with Crippen LogP contribution in [0.3, 0.4) is 0 Å². The molecule has 4 rings (SSSR count). The summed E-state index contributed by atoms with van der Waals surface area (Å²) < 4.78 is 0. The molecule has 0 aliphatic rings. The summed E-state index contributed by atoms with van der Waals surface area (Å²) in [6.07, 6.45) is 1.51. The van der Waals surface area contributed by atoms with Crippen LogP contribution >= 0.6 is 22.9 Å². The number of halogens is 1. The van der Waals surface area contributed by atoms with Crippen LogP contribution in [0, 0.1) is 13.8 Å². The molecule has 0 fully saturated rings. The number of aryl methyl sites for hydroxylation is 2. The van der Waals surface area contributed by atoms with E-state index in [1.165, 1.54) is 18.0 Å². The number of benzene rings is 2. The molecule has 0 atom stereocenters. The highest BCUT2D eigenvalue weighted by Gasteiger charge is 2.17. The number of rotatable bonds is 4. The molecule has 0 saturated heterocycles. The van der Waals surface area contributed by atoms with Gasteiger partial charge in [-0.15, -0.1) is 11.3 Å². The minimum absolute atomic E-state index is 0.0391. The van der Waals surface area contributed by atoms with Crippen molar-refractivity contribution in [3.05, 3.63) is 69.8 Å². The number of thiophene rings is 1. The third kappa shape index (κ3) is 3.32. The van der Waals surface area contributed by atoms with E-state index in [9.17, 15) is 9.90 Å². The second-order valence-corrected chi connectivity index (χ2v) is 8.04. The molecule has 5 nitrogen and oxygen atoms in total. The highest BCUT2D eigenvalue weighted by atomic mass is 35.5. The van der Waals surface area contributed by atoms with E-state index in [-0.39, 0.29) is 10.6 Å². The van der Waals surface area contributed by atoms with Gasteiger partial charge < -0.3 is 10.4 Å². The van der Waals surface area contributed by atoms with Crippen molar-refractivity contribution in [2.45, 2.75) is 13.8 Å². The highest BCUT2D eigenvalue weighted by Crippen LogP contribution is 2.41. The summed E-state index contributed by atoms with van der Waals surface area (Å²) in [4.78, 5) is 22.2. The van der Waals surface area contributed by atoms with Gasteiger partial charge in [0.25, 0.3) is 0 Å². The second-order valence-electron chi connectivity index (χ2n) is 6.43. The summed E-state index contributed by atoms with van der Waals surface area (Å²) in [5, 5.41) is 13.7. The maximum absolute atomic E-state index is 11.4. The van der Waals surface area contributed by atoms with Gasteiger partial charge in [-0.05, 0) is 37.6 Å². The third-order valence-corrected chi connectivity index (χ3v) is 5.81. The summed E-state index contributed by atoms with van der Waals surface area (Å²) in [7, 11) is 0.